The average molecular weight is 257 g/mol. The average Bonchev–Trinajstić information content (AvgIpc) is 2.26. The van der Waals surface area contributed by atoms with Crippen molar-refractivity contribution in [2.24, 2.45) is 0 Å². The van der Waals surface area contributed by atoms with Crippen molar-refractivity contribution in [3.05, 3.63) is 35.4 Å². The zero-order valence-corrected chi connectivity index (χ0v) is 10.3. The number of rotatable bonds is 6. The first kappa shape index (κ1) is 13.7. The van der Waals surface area contributed by atoms with Crippen LogP contribution in [-0.2, 0) is 15.8 Å². The molecule has 0 bridgehead atoms. The Morgan fingerprint density at radius 3 is 2.35 bits per heavy atom. The van der Waals surface area contributed by atoms with E-state index in [1.165, 1.54) is 24.3 Å². The van der Waals surface area contributed by atoms with Gasteiger partial charge in [-0.3, -0.25) is 0 Å². The molecule has 0 aliphatic carbocycles. The summed E-state index contributed by atoms with van der Waals surface area (Å²) in [5.41, 5.74) is 0.714. The Morgan fingerprint density at radius 1 is 1.29 bits per heavy atom. The van der Waals surface area contributed by atoms with Gasteiger partial charge in [0.05, 0.1) is 11.3 Å². The molecule has 5 nitrogen and oxygen atoms in total. The maximum atomic E-state index is 11.6. The molecule has 0 aromatic heterocycles. The van der Waals surface area contributed by atoms with Crippen LogP contribution in [0.25, 0.3) is 0 Å². The summed E-state index contributed by atoms with van der Waals surface area (Å²) in [7, 11) is -3.33. The van der Waals surface area contributed by atoms with E-state index < -0.39 is 16.0 Å². The molecule has 0 fully saturated rings. The van der Waals surface area contributed by atoms with Crippen molar-refractivity contribution in [2.75, 3.05) is 6.54 Å². The van der Waals surface area contributed by atoms with Crippen molar-refractivity contribution in [3.8, 4) is 0 Å². The van der Waals surface area contributed by atoms with E-state index in [2.05, 4.69) is 4.72 Å². The Hall–Kier alpha value is -1.40. The first-order valence-corrected chi connectivity index (χ1v) is 6.89. The number of carbonyl (C=O) groups is 1. The molecule has 1 rings (SSSR count). The van der Waals surface area contributed by atoms with Gasteiger partial charge in [-0.05, 0) is 24.1 Å². The largest absolute Gasteiger partial charge is 0.478 e. The van der Waals surface area contributed by atoms with Gasteiger partial charge in [0, 0.05) is 6.54 Å². The molecule has 0 heterocycles. The summed E-state index contributed by atoms with van der Waals surface area (Å²) in [4.78, 5) is 10.6. The standard InChI is InChI=1S/C11H15NO4S/c1-2-7-12-17(15,16)8-9-3-5-10(6-4-9)11(13)14/h3-6,12H,2,7-8H2,1H3,(H,13,14). The Balaban J connectivity index is 2.72. The van der Waals surface area contributed by atoms with Crippen LogP contribution in [0.4, 0.5) is 0 Å². The summed E-state index contributed by atoms with van der Waals surface area (Å²) in [6.45, 7) is 2.29. The molecule has 94 valence electrons. The SMILES string of the molecule is CCCNS(=O)(=O)Cc1ccc(C(=O)O)cc1. The van der Waals surface area contributed by atoms with Gasteiger partial charge >= 0.3 is 5.97 Å². The predicted octanol–water partition coefficient (Wildman–Crippen LogP) is 1.21. The van der Waals surface area contributed by atoms with E-state index in [9.17, 15) is 13.2 Å². The van der Waals surface area contributed by atoms with Crippen LogP contribution in [0, 0.1) is 0 Å². The van der Waals surface area contributed by atoms with E-state index in [0.29, 0.717) is 12.1 Å². The fourth-order valence-electron chi connectivity index (χ4n) is 1.27. The van der Waals surface area contributed by atoms with Crippen LogP contribution in [0.5, 0.6) is 0 Å². The summed E-state index contributed by atoms with van der Waals surface area (Å²) in [5.74, 6) is -1.16. The Kier molecular flexibility index (Phi) is 4.65. The molecule has 0 atom stereocenters. The molecular weight excluding hydrogens is 242 g/mol. The number of sulfonamides is 1. The van der Waals surface area contributed by atoms with Gasteiger partial charge in [-0.1, -0.05) is 19.1 Å². The number of hydrogen-bond acceptors (Lipinski definition) is 3. The highest BCUT2D eigenvalue weighted by molar-refractivity contribution is 7.88. The van der Waals surface area contributed by atoms with Gasteiger partial charge in [-0.25, -0.2) is 17.9 Å². The molecule has 1 aromatic rings. The van der Waals surface area contributed by atoms with Gasteiger partial charge in [0.1, 0.15) is 0 Å². The smallest absolute Gasteiger partial charge is 0.335 e. The zero-order chi connectivity index (χ0) is 12.9. The Labute approximate surface area is 101 Å². The van der Waals surface area contributed by atoms with Gasteiger partial charge in [0.2, 0.25) is 10.0 Å². The van der Waals surface area contributed by atoms with Gasteiger partial charge < -0.3 is 5.11 Å². The molecule has 1 aromatic carbocycles. The van der Waals surface area contributed by atoms with Crippen molar-refractivity contribution in [1.29, 1.82) is 0 Å². The number of carboxylic acids is 1. The maximum absolute atomic E-state index is 11.6. The lowest BCUT2D eigenvalue weighted by Gasteiger charge is -2.05. The van der Waals surface area contributed by atoms with Crippen LogP contribution in [0.3, 0.4) is 0 Å². The molecule has 0 saturated carbocycles. The molecule has 0 unspecified atom stereocenters. The van der Waals surface area contributed by atoms with Crippen molar-refractivity contribution in [3.63, 3.8) is 0 Å². The first-order chi connectivity index (χ1) is 7.94. The summed E-state index contributed by atoms with van der Waals surface area (Å²) in [6.07, 6.45) is 0.733. The fraction of sp³-hybridized carbons (Fsp3) is 0.364. The number of carboxylic acid groups (broad SMARTS) is 1. The van der Waals surface area contributed by atoms with E-state index in [4.69, 9.17) is 5.11 Å². The molecule has 0 amide bonds. The minimum absolute atomic E-state index is 0.132. The van der Waals surface area contributed by atoms with Gasteiger partial charge in [0.25, 0.3) is 0 Å². The van der Waals surface area contributed by atoms with Crippen LogP contribution >= 0.6 is 0 Å². The van der Waals surface area contributed by atoms with Gasteiger partial charge in [-0.2, -0.15) is 0 Å². The molecule has 6 heteroatoms. The number of hydrogen-bond donors (Lipinski definition) is 2. The highest BCUT2D eigenvalue weighted by Gasteiger charge is 2.11. The Bertz CT molecular complexity index is 479. The van der Waals surface area contributed by atoms with Crippen molar-refractivity contribution >= 4 is 16.0 Å². The third-order valence-corrected chi connectivity index (χ3v) is 3.49. The number of nitrogens with one attached hydrogen (secondary N) is 1. The van der Waals surface area contributed by atoms with E-state index in [0.717, 1.165) is 6.42 Å². The molecule has 17 heavy (non-hydrogen) atoms. The number of aromatic carboxylic acids is 1. The second kappa shape index (κ2) is 5.79. The predicted molar refractivity (Wildman–Crippen MR) is 64.3 cm³/mol. The van der Waals surface area contributed by atoms with Crippen LogP contribution < -0.4 is 4.72 Å². The summed E-state index contributed by atoms with van der Waals surface area (Å²) in [6, 6.07) is 5.81. The monoisotopic (exact) mass is 257 g/mol. The van der Waals surface area contributed by atoms with Gasteiger partial charge in [-0.15, -0.1) is 0 Å². The summed E-state index contributed by atoms with van der Waals surface area (Å²) in [5, 5.41) is 8.69. The lowest BCUT2D eigenvalue weighted by molar-refractivity contribution is 0.0697. The molecule has 0 radical (unpaired) electrons. The van der Waals surface area contributed by atoms with Crippen LogP contribution in [-0.4, -0.2) is 26.0 Å². The summed E-state index contributed by atoms with van der Waals surface area (Å²) < 4.78 is 25.6. The lowest BCUT2D eigenvalue weighted by Crippen LogP contribution is -2.25. The second-order valence-electron chi connectivity index (χ2n) is 3.66. The van der Waals surface area contributed by atoms with Crippen LogP contribution in [0.1, 0.15) is 29.3 Å². The van der Waals surface area contributed by atoms with Crippen LogP contribution in [0.2, 0.25) is 0 Å². The highest BCUT2D eigenvalue weighted by atomic mass is 32.2. The zero-order valence-electron chi connectivity index (χ0n) is 9.51. The van der Waals surface area contributed by atoms with E-state index in [1.54, 1.807) is 0 Å². The Morgan fingerprint density at radius 2 is 1.88 bits per heavy atom. The molecule has 0 aliphatic heterocycles. The van der Waals surface area contributed by atoms with E-state index in [1.807, 2.05) is 6.92 Å². The number of benzene rings is 1. The summed E-state index contributed by atoms with van der Waals surface area (Å²) >= 11 is 0. The lowest BCUT2D eigenvalue weighted by atomic mass is 10.1. The third kappa shape index (κ3) is 4.54. The van der Waals surface area contributed by atoms with Crippen LogP contribution in [0.15, 0.2) is 24.3 Å². The van der Waals surface area contributed by atoms with Gasteiger partial charge in [0.15, 0.2) is 0 Å². The normalized spacial score (nSPS) is 11.4. The molecule has 0 spiro atoms. The fourth-order valence-corrected chi connectivity index (χ4v) is 2.52. The quantitative estimate of drug-likeness (QED) is 0.802. The van der Waals surface area contributed by atoms with E-state index >= 15 is 0 Å². The first-order valence-electron chi connectivity index (χ1n) is 5.24. The minimum Gasteiger partial charge on any atom is -0.478 e. The van der Waals surface area contributed by atoms with E-state index in [-0.39, 0.29) is 11.3 Å². The van der Waals surface area contributed by atoms with Crippen molar-refractivity contribution < 1.29 is 18.3 Å². The molecule has 0 saturated heterocycles. The minimum atomic E-state index is -3.33. The molecular formula is C11H15NO4S. The highest BCUT2D eigenvalue weighted by Crippen LogP contribution is 2.07. The molecule has 0 aliphatic rings. The maximum Gasteiger partial charge on any atom is 0.335 e. The second-order valence-corrected chi connectivity index (χ2v) is 5.46. The van der Waals surface area contributed by atoms with Crippen molar-refractivity contribution in [2.45, 2.75) is 19.1 Å². The topological polar surface area (TPSA) is 83.5 Å². The van der Waals surface area contributed by atoms with Crippen molar-refractivity contribution in [1.82, 2.24) is 4.72 Å². The molecule has 2 N–H and O–H groups in total. The third-order valence-electron chi connectivity index (χ3n) is 2.13.